The second-order valence-corrected chi connectivity index (χ2v) is 4.25. The second-order valence-electron chi connectivity index (χ2n) is 3.06. The van der Waals surface area contributed by atoms with Gasteiger partial charge >= 0.3 is 6.18 Å². The van der Waals surface area contributed by atoms with Crippen molar-refractivity contribution in [3.63, 3.8) is 0 Å². The summed E-state index contributed by atoms with van der Waals surface area (Å²) in [5, 5.41) is 10.5. The number of hydrogen-bond acceptors (Lipinski definition) is 4. The van der Waals surface area contributed by atoms with Crippen molar-refractivity contribution in [3.05, 3.63) is 28.6 Å². The number of halogens is 4. The minimum atomic E-state index is -4.50. The van der Waals surface area contributed by atoms with Crippen molar-refractivity contribution in [1.82, 2.24) is 19.4 Å². The molecule has 9 heteroatoms. The van der Waals surface area contributed by atoms with Crippen LogP contribution in [0, 0.1) is 0 Å². The Balaban J connectivity index is 2.60. The van der Waals surface area contributed by atoms with Crippen LogP contribution in [-0.4, -0.2) is 19.4 Å². The first-order valence-corrected chi connectivity index (χ1v) is 5.42. The van der Waals surface area contributed by atoms with Crippen LogP contribution in [0.2, 0.25) is 0 Å². The lowest BCUT2D eigenvalue weighted by Crippen LogP contribution is -2.08. The minimum absolute atomic E-state index is 0.120. The molecule has 0 bridgehead atoms. The molecule has 2 rings (SSSR count). The smallest absolute Gasteiger partial charge is 0.202 e. The van der Waals surface area contributed by atoms with Crippen molar-refractivity contribution in [2.24, 2.45) is 0 Å². The lowest BCUT2D eigenvalue weighted by atomic mass is 10.1. The molecule has 90 valence electrons. The summed E-state index contributed by atoms with van der Waals surface area (Å²) in [7, 11) is 0. The summed E-state index contributed by atoms with van der Waals surface area (Å²) in [5.74, 6) is 0. The van der Waals surface area contributed by atoms with E-state index in [0.717, 1.165) is 10.3 Å². The van der Waals surface area contributed by atoms with Crippen LogP contribution >= 0.6 is 28.7 Å². The predicted octanol–water partition coefficient (Wildman–Crippen LogP) is 2.81. The van der Waals surface area contributed by atoms with E-state index in [4.69, 9.17) is 0 Å². The zero-order chi connectivity index (χ0) is 12.6. The molecule has 0 saturated heterocycles. The summed E-state index contributed by atoms with van der Waals surface area (Å²) in [4.78, 5) is 0. The number of rotatable bonds is 1. The molecule has 0 unspecified atom stereocenters. The largest absolute Gasteiger partial charge is 0.418 e. The third-order valence-electron chi connectivity index (χ3n) is 1.96. The Labute approximate surface area is 108 Å². The number of aromatic nitrogens is 4. The maximum absolute atomic E-state index is 12.7. The molecular weight excluding hydrogens is 321 g/mol. The number of nitrogens with zero attached hydrogens (tertiary/aromatic N) is 4. The molecule has 0 aliphatic rings. The third-order valence-corrected chi connectivity index (χ3v) is 3.11. The quantitative estimate of drug-likeness (QED) is 0.820. The maximum atomic E-state index is 12.7. The first-order chi connectivity index (χ1) is 7.89. The van der Waals surface area contributed by atoms with Crippen molar-refractivity contribution >= 4 is 28.7 Å². The summed E-state index contributed by atoms with van der Waals surface area (Å²) in [6.45, 7) is 0. The van der Waals surface area contributed by atoms with E-state index < -0.39 is 11.7 Å². The van der Waals surface area contributed by atoms with Gasteiger partial charge in [-0.1, -0.05) is 0 Å². The highest BCUT2D eigenvalue weighted by Crippen LogP contribution is 2.36. The van der Waals surface area contributed by atoms with E-state index in [-0.39, 0.29) is 11.3 Å². The van der Waals surface area contributed by atoms with Gasteiger partial charge in [-0.05, 0) is 34.8 Å². The van der Waals surface area contributed by atoms with Crippen molar-refractivity contribution in [1.29, 1.82) is 0 Å². The summed E-state index contributed by atoms with van der Waals surface area (Å²) in [6, 6.07) is 1.42. The fraction of sp³-hybridized carbons (Fsp3) is 0.125. The summed E-state index contributed by atoms with van der Waals surface area (Å²) < 4.78 is 39.7. The highest BCUT2D eigenvalue weighted by atomic mass is 79.9. The van der Waals surface area contributed by atoms with Gasteiger partial charge in [0.2, 0.25) is 0 Å². The SMILES string of the molecule is FC(F)(F)c1cnncc1-c1cc(Br)n(S)n1. The minimum Gasteiger partial charge on any atom is -0.202 e. The molecular formula is C8H4BrF3N4S. The first-order valence-electron chi connectivity index (χ1n) is 4.22. The van der Waals surface area contributed by atoms with Gasteiger partial charge in [0, 0.05) is 5.56 Å². The predicted molar refractivity (Wildman–Crippen MR) is 60.3 cm³/mol. The van der Waals surface area contributed by atoms with Gasteiger partial charge in [-0.15, -0.1) is 0 Å². The molecule has 0 spiro atoms. The van der Waals surface area contributed by atoms with Crippen LogP contribution in [0.25, 0.3) is 11.3 Å². The molecule has 2 heterocycles. The van der Waals surface area contributed by atoms with Gasteiger partial charge in [0.15, 0.2) is 0 Å². The molecule has 0 aliphatic heterocycles. The average molecular weight is 325 g/mol. The van der Waals surface area contributed by atoms with Gasteiger partial charge in [0.05, 0.1) is 23.7 Å². The molecule has 2 aromatic rings. The van der Waals surface area contributed by atoms with Gasteiger partial charge in [0.25, 0.3) is 0 Å². The number of thiol groups is 1. The normalized spacial score (nSPS) is 11.8. The monoisotopic (exact) mass is 324 g/mol. The Morgan fingerprint density at radius 2 is 1.88 bits per heavy atom. The molecule has 0 aromatic carbocycles. The third kappa shape index (κ3) is 2.44. The fourth-order valence-electron chi connectivity index (χ4n) is 1.23. The van der Waals surface area contributed by atoms with Gasteiger partial charge < -0.3 is 0 Å². The summed E-state index contributed by atoms with van der Waals surface area (Å²) >= 11 is 7.01. The molecule has 0 N–H and O–H groups in total. The van der Waals surface area contributed by atoms with Crippen LogP contribution in [-0.2, 0) is 6.18 Å². The number of alkyl halides is 3. The first kappa shape index (κ1) is 12.4. The fourth-order valence-corrected chi connectivity index (χ4v) is 1.68. The summed E-state index contributed by atoms with van der Waals surface area (Å²) in [5.41, 5.74) is -0.901. The van der Waals surface area contributed by atoms with E-state index >= 15 is 0 Å². The summed E-state index contributed by atoms with van der Waals surface area (Å²) in [6.07, 6.45) is -2.82. The standard InChI is InChI=1S/C8H4BrF3N4S/c9-7-1-6(15-16(7)17)4-2-13-14-3-5(4)8(10,11)12/h1-3,17H. The Kier molecular flexibility index (Phi) is 3.13. The molecule has 0 fully saturated rings. The van der Waals surface area contributed by atoms with Crippen molar-refractivity contribution in [3.8, 4) is 11.3 Å². The molecule has 4 nitrogen and oxygen atoms in total. The lowest BCUT2D eigenvalue weighted by molar-refractivity contribution is -0.137. The highest BCUT2D eigenvalue weighted by molar-refractivity contribution is 9.10. The van der Waals surface area contributed by atoms with E-state index in [1.807, 2.05) is 0 Å². The highest BCUT2D eigenvalue weighted by Gasteiger charge is 2.35. The zero-order valence-corrected chi connectivity index (χ0v) is 10.5. The van der Waals surface area contributed by atoms with Gasteiger partial charge in [-0.3, -0.25) is 0 Å². The van der Waals surface area contributed by atoms with Crippen LogP contribution in [0.3, 0.4) is 0 Å². The topological polar surface area (TPSA) is 43.6 Å². The molecule has 0 radical (unpaired) electrons. The Morgan fingerprint density at radius 1 is 1.24 bits per heavy atom. The van der Waals surface area contributed by atoms with E-state index in [1.54, 1.807) is 0 Å². The molecule has 0 amide bonds. The lowest BCUT2D eigenvalue weighted by Gasteiger charge is -2.08. The number of hydrogen-bond donors (Lipinski definition) is 1. The Bertz CT molecular complexity index is 534. The van der Waals surface area contributed by atoms with Crippen LogP contribution in [0.1, 0.15) is 5.56 Å². The Morgan fingerprint density at radius 3 is 2.41 bits per heavy atom. The van der Waals surface area contributed by atoms with E-state index in [0.29, 0.717) is 10.8 Å². The molecule has 0 aliphatic carbocycles. The average Bonchev–Trinajstić information content (AvgIpc) is 2.58. The van der Waals surface area contributed by atoms with Crippen LogP contribution in [0.15, 0.2) is 23.1 Å². The van der Waals surface area contributed by atoms with Crippen LogP contribution < -0.4 is 0 Å². The molecule has 0 atom stereocenters. The van der Waals surface area contributed by atoms with Gasteiger partial charge in [0.1, 0.15) is 4.60 Å². The van der Waals surface area contributed by atoms with Crippen LogP contribution in [0.5, 0.6) is 0 Å². The molecule has 0 saturated carbocycles. The van der Waals surface area contributed by atoms with Gasteiger partial charge in [-0.25, -0.2) is 4.09 Å². The van der Waals surface area contributed by atoms with E-state index in [9.17, 15) is 13.2 Å². The van der Waals surface area contributed by atoms with Crippen molar-refractivity contribution < 1.29 is 13.2 Å². The van der Waals surface area contributed by atoms with E-state index in [2.05, 4.69) is 44.0 Å². The second kappa shape index (κ2) is 4.30. The van der Waals surface area contributed by atoms with E-state index in [1.165, 1.54) is 6.07 Å². The van der Waals surface area contributed by atoms with Gasteiger partial charge in [-0.2, -0.15) is 28.5 Å². The molecule has 2 aromatic heterocycles. The van der Waals surface area contributed by atoms with Crippen LogP contribution in [0.4, 0.5) is 13.2 Å². The zero-order valence-electron chi connectivity index (χ0n) is 7.98. The molecule has 17 heavy (non-hydrogen) atoms. The maximum Gasteiger partial charge on any atom is 0.418 e. The van der Waals surface area contributed by atoms with Crippen molar-refractivity contribution in [2.45, 2.75) is 6.18 Å². The van der Waals surface area contributed by atoms with Crippen molar-refractivity contribution in [2.75, 3.05) is 0 Å². The Hall–Kier alpha value is -1.09.